The van der Waals surface area contributed by atoms with Gasteiger partial charge in [0.1, 0.15) is 0 Å². The van der Waals surface area contributed by atoms with Crippen LogP contribution in [-0.2, 0) is 52.9 Å². The van der Waals surface area contributed by atoms with Gasteiger partial charge in [0.05, 0.1) is 29.4 Å². The van der Waals surface area contributed by atoms with Crippen molar-refractivity contribution < 1.29 is 55.2 Å². The van der Waals surface area contributed by atoms with E-state index < -0.39 is 25.4 Å². The summed E-state index contributed by atoms with van der Waals surface area (Å²) in [6, 6.07) is 18.0. The number of pyridine rings is 2. The molecule has 33 heavy (non-hydrogen) atoms. The predicted molar refractivity (Wildman–Crippen MR) is 113 cm³/mol. The molecule has 0 unspecified atom stereocenters. The van der Waals surface area contributed by atoms with Crippen molar-refractivity contribution in [1.29, 1.82) is 0 Å². The van der Waals surface area contributed by atoms with E-state index in [1.165, 1.54) is 25.2 Å². The number of sulfonamides is 1. The van der Waals surface area contributed by atoms with E-state index in [2.05, 4.69) is 14.9 Å². The third-order valence-corrected chi connectivity index (χ3v) is 6.51. The fourth-order valence-electron chi connectivity index (χ4n) is 2.51. The van der Waals surface area contributed by atoms with Crippen LogP contribution in [0.5, 0.6) is 0 Å². The van der Waals surface area contributed by atoms with Crippen LogP contribution in [0.3, 0.4) is 0 Å². The van der Waals surface area contributed by atoms with Crippen LogP contribution >= 0.6 is 0 Å². The van der Waals surface area contributed by atoms with E-state index in [0.717, 1.165) is 17.1 Å². The molecule has 3 rings (SSSR count). The average molecular weight is 705 g/mol. The van der Waals surface area contributed by atoms with Gasteiger partial charge in [0.15, 0.2) is 0 Å². The fraction of sp³-hybridized carbons (Fsp3) is 0.0952. The van der Waals surface area contributed by atoms with E-state index in [0.29, 0.717) is 13.1 Å². The molecule has 0 spiro atoms. The van der Waals surface area contributed by atoms with Gasteiger partial charge in [-0.15, -0.1) is 0 Å². The quantitative estimate of drug-likeness (QED) is 0.316. The number of carbonyl (C=O) groups excluding carboxylic acids is 3. The van der Waals surface area contributed by atoms with Gasteiger partial charge < -0.3 is 21.9 Å². The fourth-order valence-corrected chi connectivity index (χ4v) is 3.36. The molecule has 0 aliphatic heterocycles. The van der Waals surface area contributed by atoms with Crippen LogP contribution < -0.4 is 27.0 Å². The first kappa shape index (κ1) is 28.1. The van der Waals surface area contributed by atoms with Crippen LogP contribution in [0.2, 0.25) is 0 Å². The summed E-state index contributed by atoms with van der Waals surface area (Å²) in [5.74, 6) is 0. The summed E-state index contributed by atoms with van der Waals surface area (Å²) >= 11 is -2.97. The molecule has 0 bridgehead atoms. The van der Waals surface area contributed by atoms with E-state index in [9.17, 15) is 22.8 Å². The van der Waals surface area contributed by atoms with Crippen LogP contribution in [-0.4, -0.2) is 31.4 Å². The van der Waals surface area contributed by atoms with Crippen molar-refractivity contribution in [2.45, 2.75) is 18.0 Å². The molecule has 0 aliphatic carbocycles. The van der Waals surface area contributed by atoms with Gasteiger partial charge in [0, 0.05) is 18.1 Å². The molecular formula is C21H18BrN4O5ReS. The Labute approximate surface area is 205 Å². The summed E-state index contributed by atoms with van der Waals surface area (Å²) < 4.78 is 26.7. The zero-order valence-corrected chi connectivity index (χ0v) is 22.1. The number of halogens is 1. The average Bonchev–Trinajstić information content (AvgIpc) is 2.81. The van der Waals surface area contributed by atoms with E-state index in [1.54, 1.807) is 24.5 Å². The number of nitrogens with two attached hydrogens (primary N) is 1. The SMILES string of the molecule is NS(=O)(=O)c1ccc(N(Cc2ccccn2)Cc2ccccn2)cc1.O=[C]=[Re+](=[C]=O)=[C]=O.[Br-]. The Balaban J connectivity index is 0.000000595. The molecule has 172 valence electrons. The van der Waals surface area contributed by atoms with E-state index >= 15 is 0 Å². The monoisotopic (exact) mass is 704 g/mol. The molecule has 12 heteroatoms. The first-order valence-corrected chi connectivity index (χ1v) is 14.5. The summed E-state index contributed by atoms with van der Waals surface area (Å²) in [6.45, 7) is 1.15. The smallest absolute Gasteiger partial charge is 1.00 e. The number of hydrogen-bond donors (Lipinski definition) is 1. The number of benzene rings is 1. The van der Waals surface area contributed by atoms with Gasteiger partial charge in [-0.05, 0) is 48.5 Å². The van der Waals surface area contributed by atoms with Crippen LogP contribution in [0.1, 0.15) is 11.4 Å². The molecule has 0 radical (unpaired) electrons. The van der Waals surface area contributed by atoms with E-state index in [4.69, 9.17) is 5.14 Å². The minimum Gasteiger partial charge on any atom is -1.00 e. The minimum absolute atomic E-state index is 0. The Kier molecular flexibility index (Phi) is 12.2. The van der Waals surface area contributed by atoms with Gasteiger partial charge in [0.2, 0.25) is 10.0 Å². The van der Waals surface area contributed by atoms with Gasteiger partial charge in [0.25, 0.3) is 0 Å². The summed E-state index contributed by atoms with van der Waals surface area (Å²) in [4.78, 5) is 39.1. The van der Waals surface area contributed by atoms with Crippen LogP contribution in [0.4, 0.5) is 5.69 Å². The Morgan fingerprint density at radius 2 is 1.24 bits per heavy atom. The van der Waals surface area contributed by atoms with Crippen LogP contribution in [0, 0.1) is 0 Å². The van der Waals surface area contributed by atoms with Crippen LogP contribution in [0.15, 0.2) is 78.0 Å². The Morgan fingerprint density at radius 1 is 0.788 bits per heavy atom. The third kappa shape index (κ3) is 9.64. The third-order valence-electron chi connectivity index (χ3n) is 3.92. The molecule has 2 heterocycles. The predicted octanol–water partition coefficient (Wildman–Crippen LogP) is -1.86. The minimum atomic E-state index is -3.71. The Bertz CT molecular complexity index is 1280. The van der Waals surface area contributed by atoms with Gasteiger partial charge in [-0.1, -0.05) is 12.1 Å². The summed E-state index contributed by atoms with van der Waals surface area (Å²) in [7, 11) is -3.71. The van der Waals surface area contributed by atoms with E-state index in [1.807, 2.05) is 36.4 Å². The maximum atomic E-state index is 11.4. The van der Waals surface area contributed by atoms with Crippen molar-refractivity contribution in [2.75, 3.05) is 4.90 Å². The first-order valence-electron chi connectivity index (χ1n) is 8.88. The molecule has 1 aromatic carbocycles. The maximum Gasteiger partial charge on any atom is -1.00 e. The molecule has 0 amide bonds. The number of rotatable bonds is 6. The molecule has 0 atom stereocenters. The molecule has 2 N–H and O–H groups in total. The second-order valence-corrected chi connectivity index (χ2v) is 11.3. The Morgan fingerprint density at radius 3 is 1.55 bits per heavy atom. The summed E-state index contributed by atoms with van der Waals surface area (Å²) in [6.07, 6.45) is 3.50. The van der Waals surface area contributed by atoms with Gasteiger partial charge in [-0.2, -0.15) is 0 Å². The number of nitrogens with zero attached hydrogens (tertiary/aromatic N) is 3. The molecule has 9 nitrogen and oxygen atoms in total. The molecule has 0 fully saturated rings. The molecular weight excluding hydrogens is 686 g/mol. The standard InChI is InChI=1S/C18H18N4O2S.3CO.BrH.Re/c19-25(23,24)18-9-7-17(8-10-18)22(13-15-5-1-3-11-20-15)14-16-6-2-4-12-21-16;3*1-2;;/h1-12H,13-14H2,(H2,19,23,24);;;;1H;/q;;;;;+1/p-1. The Hall–Kier alpha value is -2.89. The zero-order valence-electron chi connectivity index (χ0n) is 17.0. The number of aromatic nitrogens is 2. The number of hydrogen-bond acceptors (Lipinski definition) is 8. The molecule has 0 saturated carbocycles. The first-order chi connectivity index (χ1) is 15.4. The van der Waals surface area contributed by atoms with Crippen molar-refractivity contribution in [1.82, 2.24) is 9.97 Å². The summed E-state index contributed by atoms with van der Waals surface area (Å²) in [5, 5.41) is 5.17. The molecule has 0 saturated heterocycles. The van der Waals surface area contributed by atoms with Crippen molar-refractivity contribution in [2.24, 2.45) is 5.14 Å². The second kappa shape index (κ2) is 14.3. The number of primary sulfonamides is 1. The van der Waals surface area contributed by atoms with Crippen LogP contribution in [0.25, 0.3) is 0 Å². The van der Waals surface area contributed by atoms with Gasteiger partial charge in [-0.25, -0.2) is 13.6 Å². The van der Waals surface area contributed by atoms with Crippen molar-refractivity contribution in [3.63, 3.8) is 0 Å². The van der Waals surface area contributed by atoms with Crippen molar-refractivity contribution >= 4 is 28.8 Å². The van der Waals surface area contributed by atoms with Gasteiger partial charge >= 0.3 is 42.8 Å². The number of anilines is 1. The molecule has 3 aromatic rings. The van der Waals surface area contributed by atoms with Crippen molar-refractivity contribution in [3.8, 4) is 0 Å². The largest absolute Gasteiger partial charge is 1.00 e. The van der Waals surface area contributed by atoms with E-state index in [-0.39, 0.29) is 21.9 Å². The van der Waals surface area contributed by atoms with Gasteiger partial charge in [-0.3, -0.25) is 9.97 Å². The molecule has 2 aromatic heterocycles. The summed E-state index contributed by atoms with van der Waals surface area (Å²) in [5.41, 5.74) is 2.69. The zero-order chi connectivity index (χ0) is 23.4. The molecule has 0 aliphatic rings. The normalized spacial score (nSPS) is 9.61. The topological polar surface area (TPSA) is 140 Å². The van der Waals surface area contributed by atoms with Crippen molar-refractivity contribution in [3.05, 3.63) is 84.4 Å². The maximum absolute atomic E-state index is 11.4. The second-order valence-electron chi connectivity index (χ2n) is 6.05.